The normalized spacial score (nSPS) is 16.2. The van der Waals surface area contributed by atoms with Crippen LogP contribution >= 0.6 is 16.8 Å². The molecule has 0 aromatic heterocycles. The number of aliphatic carboxylic acids is 1. The van der Waals surface area contributed by atoms with Crippen LogP contribution in [0.15, 0.2) is 0 Å². The second-order valence-electron chi connectivity index (χ2n) is 3.07. The van der Waals surface area contributed by atoms with Crippen molar-refractivity contribution < 1.29 is 19.2 Å². The summed E-state index contributed by atoms with van der Waals surface area (Å²) in [5.74, 6) is -1.58. The Balaban J connectivity index is 3.99. The van der Waals surface area contributed by atoms with E-state index in [4.69, 9.17) is 16.3 Å². The molecule has 0 aliphatic heterocycles. The van der Waals surface area contributed by atoms with E-state index in [1.807, 2.05) is 6.92 Å². The van der Waals surface area contributed by atoms with Crippen molar-refractivity contribution in [1.29, 1.82) is 0 Å². The Kier molecular flexibility index (Phi) is 7.22. The monoisotopic (exact) mass is 284 g/mol. The van der Waals surface area contributed by atoms with Gasteiger partial charge in [0.05, 0.1) is 17.8 Å². The topological polar surface area (TPSA) is 78.5 Å². The first-order valence-corrected chi connectivity index (χ1v) is 9.41. The molecule has 0 unspecified atom stereocenters. The van der Waals surface area contributed by atoms with Crippen LogP contribution in [-0.2, 0) is 25.9 Å². The minimum Gasteiger partial charge on any atom is -0.548 e. The van der Waals surface area contributed by atoms with Gasteiger partial charge in [-0.1, -0.05) is 23.2 Å². The van der Waals surface area contributed by atoms with Crippen LogP contribution in [0.5, 0.6) is 0 Å². The van der Waals surface area contributed by atoms with Gasteiger partial charge in [0.1, 0.15) is 5.47 Å². The van der Waals surface area contributed by atoms with Gasteiger partial charge < -0.3 is 19.7 Å². The number of nitrogens with one attached hydrogen (secondary N) is 1. The van der Waals surface area contributed by atoms with Gasteiger partial charge in [-0.15, -0.1) is 0 Å². The molecule has 0 aliphatic rings. The van der Waals surface area contributed by atoms with Gasteiger partial charge in [0.25, 0.3) is 0 Å². The van der Waals surface area contributed by atoms with Crippen LogP contribution in [0.25, 0.3) is 0 Å². The minimum absolute atomic E-state index is 0.103. The third kappa shape index (κ3) is 7.22. The van der Waals surface area contributed by atoms with E-state index < -0.39 is 17.5 Å². The van der Waals surface area contributed by atoms with Crippen molar-refractivity contribution in [1.82, 2.24) is 5.32 Å². The largest absolute Gasteiger partial charge is 0.548 e. The molecule has 16 heavy (non-hydrogen) atoms. The highest BCUT2D eigenvalue weighted by molar-refractivity contribution is 8.69. The number of carbonyl (C=O) groups is 2. The number of hydrogen-bond acceptors (Lipinski definition) is 6. The molecule has 1 N–H and O–H groups in total. The smallest absolute Gasteiger partial charge is 0.230 e. The summed E-state index contributed by atoms with van der Waals surface area (Å²) in [7, 11) is 0. The fourth-order valence-electron chi connectivity index (χ4n) is 0.790. The van der Waals surface area contributed by atoms with Gasteiger partial charge in [-0.3, -0.25) is 4.79 Å². The number of amides is 1. The van der Waals surface area contributed by atoms with E-state index in [1.54, 1.807) is 6.66 Å². The van der Waals surface area contributed by atoms with Crippen LogP contribution < -0.4 is 10.4 Å². The summed E-state index contributed by atoms with van der Waals surface area (Å²) in [6.45, 7) is 5.48. The predicted octanol–water partition coefficient (Wildman–Crippen LogP) is -0.0500. The molecule has 0 aromatic carbocycles. The molecule has 0 heterocycles. The summed E-state index contributed by atoms with van der Waals surface area (Å²) >= 11 is 6.41. The number of carboxylic acid groups (broad SMARTS) is 1. The lowest BCUT2D eigenvalue weighted by atomic mass is 10.3. The summed E-state index contributed by atoms with van der Waals surface area (Å²) < 4.78 is 5.31. The maximum absolute atomic E-state index is 11.3. The zero-order valence-electron chi connectivity index (χ0n) is 9.39. The summed E-state index contributed by atoms with van der Waals surface area (Å²) in [6, 6.07) is -0.991. The first kappa shape index (κ1) is 15.9. The zero-order valence-corrected chi connectivity index (χ0v) is 11.9. The molecule has 0 saturated carbocycles. The molecule has 0 aromatic rings. The summed E-state index contributed by atoms with van der Waals surface area (Å²) in [5.41, 5.74) is -1.99. The van der Waals surface area contributed by atoms with Crippen molar-refractivity contribution in [2.75, 3.05) is 19.0 Å². The van der Waals surface area contributed by atoms with E-state index in [2.05, 4.69) is 5.32 Å². The molecular weight excluding hydrogens is 269 g/mol. The Morgan fingerprint density at radius 3 is 2.62 bits per heavy atom. The first-order valence-electron chi connectivity index (χ1n) is 4.65. The SMILES string of the molecule is CCO[P@](C)(=S)SCC(=O)N[C@@H](C)C(=O)[O-]. The minimum atomic E-state index is -1.99. The quantitative estimate of drug-likeness (QED) is 0.660. The highest BCUT2D eigenvalue weighted by Crippen LogP contribution is 2.56. The van der Waals surface area contributed by atoms with Crippen molar-refractivity contribution in [3.63, 3.8) is 0 Å². The molecule has 2 atom stereocenters. The van der Waals surface area contributed by atoms with Crippen LogP contribution in [0, 0.1) is 0 Å². The van der Waals surface area contributed by atoms with Crippen molar-refractivity contribution in [2.24, 2.45) is 0 Å². The second kappa shape index (κ2) is 7.27. The maximum Gasteiger partial charge on any atom is 0.230 e. The van der Waals surface area contributed by atoms with Gasteiger partial charge in [-0.05, 0) is 20.5 Å². The number of carboxylic acids is 1. The van der Waals surface area contributed by atoms with E-state index in [0.29, 0.717) is 6.61 Å². The molecule has 0 aliphatic carbocycles. The second-order valence-corrected chi connectivity index (χ2v) is 11.1. The van der Waals surface area contributed by atoms with Crippen molar-refractivity contribution in [2.45, 2.75) is 19.9 Å². The zero-order chi connectivity index (χ0) is 12.8. The molecule has 0 radical (unpaired) electrons. The van der Waals surface area contributed by atoms with Gasteiger partial charge >= 0.3 is 0 Å². The lowest BCUT2D eigenvalue weighted by Gasteiger charge is -2.17. The van der Waals surface area contributed by atoms with Crippen molar-refractivity contribution in [3.05, 3.63) is 0 Å². The molecular formula is C8H15NO4PS2-. The summed E-state index contributed by atoms with van der Waals surface area (Å²) in [4.78, 5) is 21.7. The van der Waals surface area contributed by atoms with E-state index in [-0.39, 0.29) is 11.7 Å². The van der Waals surface area contributed by atoms with Gasteiger partial charge in [0, 0.05) is 6.61 Å². The Hall–Kier alpha value is -0.100. The lowest BCUT2D eigenvalue weighted by molar-refractivity contribution is -0.307. The molecule has 0 rings (SSSR count). The van der Waals surface area contributed by atoms with Crippen LogP contribution in [0.3, 0.4) is 0 Å². The molecule has 0 saturated heterocycles. The number of rotatable bonds is 7. The van der Waals surface area contributed by atoms with Crippen LogP contribution in [0.4, 0.5) is 0 Å². The Morgan fingerprint density at radius 2 is 2.19 bits per heavy atom. The van der Waals surface area contributed by atoms with Crippen molar-refractivity contribution in [3.8, 4) is 0 Å². The van der Waals surface area contributed by atoms with Gasteiger partial charge in [0.15, 0.2) is 0 Å². The third-order valence-electron chi connectivity index (χ3n) is 1.52. The fraction of sp³-hybridized carbons (Fsp3) is 0.750. The Morgan fingerprint density at radius 1 is 1.62 bits per heavy atom. The number of carbonyl (C=O) groups excluding carboxylic acids is 2. The average Bonchev–Trinajstić information content (AvgIpc) is 2.14. The lowest BCUT2D eigenvalue weighted by Crippen LogP contribution is -2.46. The van der Waals surface area contributed by atoms with E-state index in [1.165, 1.54) is 18.3 Å². The Bertz CT molecular complexity index is 310. The molecule has 1 amide bonds. The van der Waals surface area contributed by atoms with Crippen LogP contribution in [0.2, 0.25) is 0 Å². The fourth-order valence-corrected chi connectivity index (χ4v) is 4.15. The molecule has 0 spiro atoms. The highest BCUT2D eigenvalue weighted by atomic mass is 32.9. The molecule has 8 heteroatoms. The first-order chi connectivity index (χ1) is 7.28. The molecule has 94 valence electrons. The summed E-state index contributed by atoms with van der Waals surface area (Å²) in [5, 5.41) is 12.7. The van der Waals surface area contributed by atoms with Gasteiger partial charge in [-0.2, -0.15) is 0 Å². The molecule has 5 nitrogen and oxygen atoms in total. The van der Waals surface area contributed by atoms with Gasteiger partial charge in [-0.25, -0.2) is 0 Å². The molecule has 0 fully saturated rings. The van der Waals surface area contributed by atoms with Gasteiger partial charge in [0.2, 0.25) is 5.91 Å². The maximum atomic E-state index is 11.3. The summed E-state index contributed by atoms with van der Waals surface area (Å²) in [6.07, 6.45) is 0. The van der Waals surface area contributed by atoms with Crippen LogP contribution in [-0.4, -0.2) is 36.9 Å². The number of hydrogen-bond donors (Lipinski definition) is 1. The van der Waals surface area contributed by atoms with E-state index in [9.17, 15) is 14.7 Å². The third-order valence-corrected chi connectivity index (χ3v) is 6.49. The molecule has 0 bridgehead atoms. The van der Waals surface area contributed by atoms with E-state index in [0.717, 1.165) is 0 Å². The Labute approximate surface area is 104 Å². The average molecular weight is 284 g/mol. The standard InChI is InChI=1S/C8H16NO4PS2/c1-4-13-14(3,15)16-5-7(10)9-6(2)8(11)12/h6H,4-5H2,1-3H3,(H,9,10)(H,11,12)/p-1/t6-,14+/m0/s1. The van der Waals surface area contributed by atoms with E-state index >= 15 is 0 Å². The predicted molar refractivity (Wildman–Crippen MR) is 66.9 cm³/mol. The highest BCUT2D eigenvalue weighted by Gasteiger charge is 2.14. The van der Waals surface area contributed by atoms with Crippen LogP contribution in [0.1, 0.15) is 13.8 Å². The van der Waals surface area contributed by atoms with Crippen molar-refractivity contribution >= 4 is 40.5 Å².